The Morgan fingerprint density at radius 3 is 2.60 bits per heavy atom. The number of carbonyl (C=O) groups excluding carboxylic acids is 2. The molecule has 0 radical (unpaired) electrons. The number of hydrogen-bond donors (Lipinski definition) is 1. The lowest BCUT2D eigenvalue weighted by molar-refractivity contribution is -0.133. The van der Waals surface area contributed by atoms with E-state index in [1.165, 1.54) is 35.6 Å². The Morgan fingerprint density at radius 1 is 1.16 bits per heavy atom. The van der Waals surface area contributed by atoms with Crippen molar-refractivity contribution in [2.24, 2.45) is 5.16 Å². The van der Waals surface area contributed by atoms with Crippen molar-refractivity contribution in [2.45, 2.75) is 49.6 Å². The van der Waals surface area contributed by atoms with Gasteiger partial charge in [0.25, 0.3) is 5.91 Å². The van der Waals surface area contributed by atoms with Gasteiger partial charge >= 0.3 is 0 Å². The minimum absolute atomic E-state index is 0.0602. The van der Waals surface area contributed by atoms with E-state index in [1.807, 2.05) is 11.8 Å². The smallest absolute Gasteiger partial charge is 0.280 e. The molecule has 0 unspecified atom stereocenters. The molecule has 2 aliphatic heterocycles. The Morgan fingerprint density at radius 2 is 1.93 bits per heavy atom. The molecule has 15 heteroatoms. The number of amides is 2. The number of aromatic nitrogens is 3. The highest BCUT2D eigenvalue weighted by atomic mass is 32.2. The highest BCUT2D eigenvalue weighted by Gasteiger charge is 2.31. The monoisotopic (exact) mass is 627 g/mol. The molecule has 2 amide bonds. The van der Waals surface area contributed by atoms with Crippen LogP contribution in [0, 0.1) is 0 Å². The quantitative estimate of drug-likeness (QED) is 0.261. The first kappa shape index (κ1) is 30.7. The normalized spacial score (nSPS) is 19.8. The summed E-state index contributed by atoms with van der Waals surface area (Å²) in [7, 11) is -3.57. The molecule has 1 aromatic carbocycles. The molecule has 2 fully saturated rings. The maximum Gasteiger partial charge on any atom is 0.280 e. The van der Waals surface area contributed by atoms with E-state index in [4.69, 9.17) is 9.57 Å². The van der Waals surface area contributed by atoms with Gasteiger partial charge in [0.05, 0.1) is 16.8 Å². The van der Waals surface area contributed by atoms with Crippen LogP contribution in [0.4, 0.5) is 5.13 Å². The molecule has 228 valence electrons. The molecule has 2 atom stereocenters. The number of thiazole rings is 1. The summed E-state index contributed by atoms with van der Waals surface area (Å²) in [4.78, 5) is 48.4. The zero-order chi connectivity index (χ0) is 30.4. The number of nitrogens with zero attached hydrogens (tertiary/aromatic N) is 6. The minimum atomic E-state index is -3.57. The lowest BCUT2D eigenvalue weighted by Crippen LogP contribution is -2.52. The fraction of sp³-hybridized carbons (Fsp3) is 0.429. The Balaban J connectivity index is 1.29. The van der Waals surface area contributed by atoms with Crippen LogP contribution in [0.2, 0.25) is 0 Å². The molecule has 13 nitrogen and oxygen atoms in total. The largest absolute Gasteiger partial charge is 0.387 e. The SMILES string of the molecule is CC(=O)N1CCN(Cc2cnc(NC(=O)C(=NOCc3ncccn3)c3ccc(S(=O)(=O)[C@H]4CCOC4)cc3)s2)C[C@@H]1C. The number of rotatable bonds is 10. The molecule has 0 saturated carbocycles. The number of nitrogens with one attached hydrogen (secondary N) is 1. The number of sulfone groups is 1. The van der Waals surface area contributed by atoms with Gasteiger partial charge in [0.2, 0.25) is 5.91 Å². The maximum absolute atomic E-state index is 13.4. The molecule has 0 spiro atoms. The summed E-state index contributed by atoms with van der Waals surface area (Å²) in [6, 6.07) is 7.76. The summed E-state index contributed by atoms with van der Waals surface area (Å²) in [6.45, 7) is 6.94. The Hall–Kier alpha value is -3.79. The van der Waals surface area contributed by atoms with Gasteiger partial charge in [-0.15, -0.1) is 11.3 Å². The molecular weight excluding hydrogens is 594 g/mol. The van der Waals surface area contributed by atoms with Crippen molar-refractivity contribution in [1.29, 1.82) is 0 Å². The van der Waals surface area contributed by atoms with Crippen molar-refractivity contribution < 1.29 is 27.6 Å². The predicted molar refractivity (Wildman–Crippen MR) is 159 cm³/mol. The fourth-order valence-electron chi connectivity index (χ4n) is 5.00. The van der Waals surface area contributed by atoms with Gasteiger partial charge < -0.3 is 14.5 Å². The van der Waals surface area contributed by atoms with Crippen LogP contribution in [0.15, 0.2) is 59.0 Å². The zero-order valence-corrected chi connectivity index (χ0v) is 25.5. The van der Waals surface area contributed by atoms with E-state index >= 15 is 0 Å². The number of anilines is 1. The summed E-state index contributed by atoms with van der Waals surface area (Å²) >= 11 is 1.34. The standard InChI is InChI=1S/C28H33N7O6S2/c1-19-15-34(11-12-35(19)20(2)36)16-22-14-31-28(42-22)32-27(37)26(33-41-18-25-29-9-3-10-30-25)21-4-6-23(7-5-21)43(38,39)24-8-13-40-17-24/h3-7,9-10,14,19,24H,8,11-13,15-18H2,1-2H3,(H,31,32,37)/t19-,24-/m0/s1. The summed E-state index contributed by atoms with van der Waals surface area (Å²) in [5.74, 6) is -0.111. The van der Waals surface area contributed by atoms with Crippen molar-refractivity contribution in [3.05, 3.63) is 65.2 Å². The number of piperazine rings is 1. The molecular formula is C28H33N7O6S2. The van der Waals surface area contributed by atoms with E-state index in [2.05, 4.69) is 30.3 Å². The van der Waals surface area contributed by atoms with Crippen LogP contribution in [0.3, 0.4) is 0 Å². The maximum atomic E-state index is 13.4. The van der Waals surface area contributed by atoms with Crippen LogP contribution >= 0.6 is 11.3 Å². The number of ether oxygens (including phenoxy) is 1. The van der Waals surface area contributed by atoms with Crippen LogP contribution in [0.5, 0.6) is 0 Å². The third-order valence-electron chi connectivity index (χ3n) is 7.24. The first-order valence-electron chi connectivity index (χ1n) is 13.8. The van der Waals surface area contributed by atoms with Gasteiger partial charge in [0.15, 0.2) is 33.1 Å². The third kappa shape index (κ3) is 7.60. The highest BCUT2D eigenvalue weighted by molar-refractivity contribution is 7.92. The van der Waals surface area contributed by atoms with Crippen molar-refractivity contribution in [3.63, 3.8) is 0 Å². The lowest BCUT2D eigenvalue weighted by Gasteiger charge is -2.39. The second-order valence-electron chi connectivity index (χ2n) is 10.3. The van der Waals surface area contributed by atoms with Crippen LogP contribution in [0.1, 0.15) is 36.5 Å². The van der Waals surface area contributed by atoms with E-state index in [0.717, 1.165) is 18.0 Å². The summed E-state index contributed by atoms with van der Waals surface area (Å²) in [5, 5.41) is 6.65. The second-order valence-corrected chi connectivity index (χ2v) is 13.7. The minimum Gasteiger partial charge on any atom is -0.387 e. The number of oxime groups is 1. The number of benzene rings is 1. The summed E-state index contributed by atoms with van der Waals surface area (Å²) in [5.41, 5.74) is 0.303. The molecule has 43 heavy (non-hydrogen) atoms. The number of carbonyl (C=O) groups is 2. The molecule has 0 aliphatic carbocycles. The molecule has 4 heterocycles. The van der Waals surface area contributed by atoms with E-state index in [-0.39, 0.29) is 35.8 Å². The molecule has 3 aromatic rings. The van der Waals surface area contributed by atoms with Gasteiger partial charge in [-0.05, 0) is 31.5 Å². The Kier molecular flexibility index (Phi) is 9.75. The molecule has 2 saturated heterocycles. The van der Waals surface area contributed by atoms with Gasteiger partial charge in [-0.25, -0.2) is 23.4 Å². The zero-order valence-electron chi connectivity index (χ0n) is 23.9. The van der Waals surface area contributed by atoms with E-state index < -0.39 is 21.0 Å². The molecule has 2 aromatic heterocycles. The molecule has 2 aliphatic rings. The van der Waals surface area contributed by atoms with Crippen LogP contribution in [-0.4, -0.2) is 94.8 Å². The second kappa shape index (κ2) is 13.7. The van der Waals surface area contributed by atoms with Crippen LogP contribution < -0.4 is 5.32 Å². The van der Waals surface area contributed by atoms with Gasteiger partial charge in [-0.2, -0.15) is 0 Å². The average Bonchev–Trinajstić information content (AvgIpc) is 3.69. The van der Waals surface area contributed by atoms with Gasteiger partial charge in [0, 0.05) is 74.8 Å². The van der Waals surface area contributed by atoms with Gasteiger partial charge in [-0.3, -0.25) is 19.8 Å². The van der Waals surface area contributed by atoms with Gasteiger partial charge in [0.1, 0.15) is 0 Å². The fourth-order valence-corrected chi connectivity index (χ4v) is 7.43. The van der Waals surface area contributed by atoms with Crippen LogP contribution in [0.25, 0.3) is 0 Å². The van der Waals surface area contributed by atoms with Crippen molar-refractivity contribution >= 4 is 43.8 Å². The average molecular weight is 628 g/mol. The summed E-state index contributed by atoms with van der Waals surface area (Å²) in [6.07, 6.45) is 5.30. The molecule has 1 N–H and O–H groups in total. The first-order valence-corrected chi connectivity index (χ1v) is 16.2. The highest BCUT2D eigenvalue weighted by Crippen LogP contribution is 2.24. The topological polar surface area (TPSA) is 156 Å². The van der Waals surface area contributed by atoms with Crippen molar-refractivity contribution in [3.8, 4) is 0 Å². The molecule has 0 bridgehead atoms. The summed E-state index contributed by atoms with van der Waals surface area (Å²) < 4.78 is 31.2. The van der Waals surface area contributed by atoms with Crippen LogP contribution in [-0.2, 0) is 42.2 Å². The van der Waals surface area contributed by atoms with E-state index in [1.54, 1.807) is 31.6 Å². The Bertz CT molecular complexity index is 1560. The predicted octanol–water partition coefficient (Wildman–Crippen LogP) is 2.11. The van der Waals surface area contributed by atoms with E-state index in [0.29, 0.717) is 42.6 Å². The Labute approximate surface area is 253 Å². The molecule has 5 rings (SSSR count). The van der Waals surface area contributed by atoms with E-state index in [9.17, 15) is 18.0 Å². The lowest BCUT2D eigenvalue weighted by atomic mass is 10.1. The van der Waals surface area contributed by atoms with Crippen molar-refractivity contribution in [1.82, 2.24) is 24.8 Å². The first-order chi connectivity index (χ1) is 20.7. The third-order valence-corrected chi connectivity index (χ3v) is 10.3. The number of hydrogen-bond acceptors (Lipinski definition) is 12. The van der Waals surface area contributed by atoms with Gasteiger partial charge in [-0.1, -0.05) is 17.3 Å². The van der Waals surface area contributed by atoms with Crippen molar-refractivity contribution in [2.75, 3.05) is 38.2 Å².